The molecule has 6 heteroatoms. The summed E-state index contributed by atoms with van der Waals surface area (Å²) in [5.74, 6) is 0.672. The topological polar surface area (TPSA) is 58.2 Å². The van der Waals surface area contributed by atoms with Gasteiger partial charge in [0.25, 0.3) is 0 Å². The zero-order valence-electron chi connectivity index (χ0n) is 14.5. The van der Waals surface area contributed by atoms with Crippen molar-refractivity contribution in [1.29, 1.82) is 0 Å². The number of hydrogen-bond acceptors (Lipinski definition) is 2. The van der Waals surface area contributed by atoms with Crippen molar-refractivity contribution in [3.63, 3.8) is 0 Å². The van der Waals surface area contributed by atoms with Crippen molar-refractivity contribution in [2.45, 2.75) is 87.6 Å². The third-order valence-electron chi connectivity index (χ3n) is 6.23. The zero-order valence-corrected chi connectivity index (χ0v) is 16.8. The summed E-state index contributed by atoms with van der Waals surface area (Å²) in [5, 5.41) is 6.55. The van der Waals surface area contributed by atoms with Gasteiger partial charge in [0, 0.05) is 23.9 Å². The van der Waals surface area contributed by atoms with Crippen LogP contribution < -0.4 is 10.6 Å². The van der Waals surface area contributed by atoms with Crippen LogP contribution >= 0.6 is 18.5 Å². The molecule has 0 aromatic carbocycles. The smallest absolute Gasteiger partial charge is 0.224 e. The maximum Gasteiger partial charge on any atom is 0.224 e. The maximum absolute atomic E-state index is 12.6. The third kappa shape index (κ3) is 4.31. The molecule has 3 saturated carbocycles. The van der Waals surface area contributed by atoms with Crippen molar-refractivity contribution >= 4 is 30.3 Å². The van der Waals surface area contributed by atoms with E-state index in [0.717, 1.165) is 64.2 Å². The highest BCUT2D eigenvalue weighted by atomic mass is 31.0. The molecule has 24 heavy (non-hydrogen) atoms. The van der Waals surface area contributed by atoms with Gasteiger partial charge in [0.2, 0.25) is 11.8 Å². The van der Waals surface area contributed by atoms with Gasteiger partial charge in [-0.2, -0.15) is 0 Å². The lowest BCUT2D eigenvalue weighted by molar-refractivity contribution is -0.128. The summed E-state index contributed by atoms with van der Waals surface area (Å²) in [6.07, 6.45) is 10.8. The van der Waals surface area contributed by atoms with E-state index >= 15 is 0 Å². The number of nitrogens with one attached hydrogen (secondary N) is 2. The molecule has 3 fully saturated rings. The van der Waals surface area contributed by atoms with Crippen LogP contribution in [0.2, 0.25) is 0 Å². The lowest BCUT2D eigenvalue weighted by atomic mass is 9.89. The fourth-order valence-corrected chi connectivity index (χ4v) is 5.89. The summed E-state index contributed by atoms with van der Waals surface area (Å²) in [6.45, 7) is 0. The van der Waals surface area contributed by atoms with Gasteiger partial charge < -0.3 is 10.6 Å². The first kappa shape index (κ1) is 18.6. The second-order valence-corrected chi connectivity index (χ2v) is 9.63. The van der Waals surface area contributed by atoms with Gasteiger partial charge in [-0.05, 0) is 49.8 Å². The van der Waals surface area contributed by atoms with Crippen molar-refractivity contribution < 1.29 is 9.59 Å². The molecule has 2 N–H and O–H groups in total. The number of hydrogen-bond donors (Lipinski definition) is 2. The molecule has 0 aromatic rings. The summed E-state index contributed by atoms with van der Waals surface area (Å²) in [4.78, 5) is 25.2. The fraction of sp³-hybridized carbons (Fsp3) is 0.889. The molecule has 0 bridgehead atoms. The minimum atomic E-state index is 0.109. The van der Waals surface area contributed by atoms with E-state index in [9.17, 15) is 9.59 Å². The molecule has 3 aliphatic rings. The van der Waals surface area contributed by atoms with Gasteiger partial charge >= 0.3 is 0 Å². The monoisotopic (exact) mass is 370 g/mol. The van der Waals surface area contributed by atoms with Crippen LogP contribution in [0.4, 0.5) is 0 Å². The summed E-state index contributed by atoms with van der Waals surface area (Å²) in [6, 6.07) is 0.217. The molecule has 0 spiro atoms. The first-order chi connectivity index (χ1) is 11.6. The third-order valence-corrected chi connectivity index (χ3v) is 7.83. The number of amides is 2. The van der Waals surface area contributed by atoms with Crippen LogP contribution in [0.1, 0.15) is 64.2 Å². The highest BCUT2D eigenvalue weighted by molar-refractivity contribution is 7.17. The first-order valence-corrected chi connectivity index (χ1v) is 11.0. The molecule has 3 aliphatic carbocycles. The summed E-state index contributed by atoms with van der Waals surface area (Å²) in [7, 11) is 5.67. The van der Waals surface area contributed by atoms with Gasteiger partial charge in [0.15, 0.2) is 0 Å². The van der Waals surface area contributed by atoms with E-state index in [2.05, 4.69) is 29.1 Å². The van der Waals surface area contributed by atoms with Gasteiger partial charge in [-0.25, -0.2) is 0 Å². The molecule has 8 atom stereocenters. The molecular weight excluding hydrogens is 338 g/mol. The lowest BCUT2D eigenvalue weighted by Crippen LogP contribution is -2.55. The van der Waals surface area contributed by atoms with E-state index in [1.165, 1.54) is 0 Å². The Hall–Kier alpha value is -0.200. The van der Waals surface area contributed by atoms with E-state index < -0.39 is 0 Å². The average molecular weight is 370 g/mol. The Morgan fingerprint density at radius 3 is 1.38 bits per heavy atom. The van der Waals surface area contributed by atoms with Gasteiger partial charge in [0.05, 0.1) is 0 Å². The average Bonchev–Trinajstić information content (AvgIpc) is 3.17. The minimum Gasteiger partial charge on any atom is -0.351 e. The van der Waals surface area contributed by atoms with Crippen LogP contribution in [0.25, 0.3) is 0 Å². The van der Waals surface area contributed by atoms with Crippen LogP contribution in [0.5, 0.6) is 0 Å². The predicted octanol–water partition coefficient (Wildman–Crippen LogP) is 2.62. The van der Waals surface area contributed by atoms with E-state index in [4.69, 9.17) is 0 Å². The Morgan fingerprint density at radius 1 is 0.625 bits per heavy atom. The molecule has 0 heterocycles. The number of carbonyl (C=O) groups excluding carboxylic acids is 2. The summed E-state index contributed by atoms with van der Waals surface area (Å²) < 4.78 is 0. The maximum atomic E-state index is 12.6. The Kier molecular flexibility index (Phi) is 6.55. The van der Waals surface area contributed by atoms with E-state index in [-0.39, 0.29) is 35.7 Å². The van der Waals surface area contributed by atoms with Gasteiger partial charge in [0.1, 0.15) is 0 Å². The number of carbonyl (C=O) groups is 2. The Balaban J connectivity index is 1.56. The highest BCUT2D eigenvalue weighted by Crippen LogP contribution is 2.33. The normalized spacial score (nSPS) is 39.6. The van der Waals surface area contributed by atoms with E-state index in [1.54, 1.807) is 0 Å². The summed E-state index contributed by atoms with van der Waals surface area (Å²) in [5.41, 5.74) is 0.830. The molecule has 4 nitrogen and oxygen atoms in total. The quantitative estimate of drug-likeness (QED) is 0.748. The van der Waals surface area contributed by atoms with Crippen molar-refractivity contribution in [2.75, 3.05) is 0 Å². The van der Waals surface area contributed by atoms with Crippen LogP contribution in [-0.2, 0) is 9.59 Å². The molecule has 0 radical (unpaired) electrons. The SMILES string of the molecule is O=C(NC1CCCCC1NC(=O)C1CCCC1P)C1CCCC1P. The molecule has 0 saturated heterocycles. The minimum absolute atomic E-state index is 0.109. The standard InChI is InChI=1S/C18H32N2O2P2/c21-17(11-5-3-9-15(11)23)19-13-7-1-2-8-14(13)20-18(22)12-6-4-10-16(12)24/h11-16H,1-10,23-24H2,(H,19,21)(H,20,22). The van der Waals surface area contributed by atoms with Crippen molar-refractivity contribution in [3.8, 4) is 0 Å². The molecule has 136 valence electrons. The zero-order chi connectivity index (χ0) is 17.1. The number of rotatable bonds is 4. The molecule has 8 unspecified atom stereocenters. The van der Waals surface area contributed by atoms with E-state index in [0.29, 0.717) is 11.3 Å². The molecule has 3 rings (SSSR count). The molecule has 2 amide bonds. The Morgan fingerprint density at radius 2 is 1.04 bits per heavy atom. The van der Waals surface area contributed by atoms with Gasteiger partial charge in [-0.15, -0.1) is 18.5 Å². The first-order valence-electron chi connectivity index (χ1n) is 9.68. The predicted molar refractivity (Wildman–Crippen MR) is 104 cm³/mol. The fourth-order valence-electron chi connectivity index (χ4n) is 4.68. The van der Waals surface area contributed by atoms with Gasteiger partial charge in [-0.3, -0.25) is 9.59 Å². The van der Waals surface area contributed by atoms with Crippen LogP contribution in [0.15, 0.2) is 0 Å². The second-order valence-electron chi connectivity index (χ2n) is 7.92. The molecular formula is C18H32N2O2P2. The highest BCUT2D eigenvalue weighted by Gasteiger charge is 2.36. The Bertz CT molecular complexity index is 432. The summed E-state index contributed by atoms with van der Waals surface area (Å²) >= 11 is 0. The van der Waals surface area contributed by atoms with Crippen molar-refractivity contribution in [3.05, 3.63) is 0 Å². The van der Waals surface area contributed by atoms with Crippen molar-refractivity contribution in [1.82, 2.24) is 10.6 Å². The molecule has 0 aromatic heterocycles. The molecule has 0 aliphatic heterocycles. The van der Waals surface area contributed by atoms with Crippen LogP contribution in [-0.4, -0.2) is 35.2 Å². The Labute approximate surface area is 150 Å². The van der Waals surface area contributed by atoms with Crippen LogP contribution in [0.3, 0.4) is 0 Å². The lowest BCUT2D eigenvalue weighted by Gasteiger charge is -2.34. The second kappa shape index (κ2) is 8.45. The van der Waals surface area contributed by atoms with Gasteiger partial charge in [-0.1, -0.05) is 25.7 Å². The van der Waals surface area contributed by atoms with Crippen molar-refractivity contribution in [2.24, 2.45) is 11.8 Å². The van der Waals surface area contributed by atoms with Crippen LogP contribution in [0, 0.1) is 11.8 Å². The van der Waals surface area contributed by atoms with E-state index in [1.807, 2.05) is 0 Å². The largest absolute Gasteiger partial charge is 0.351 e.